The molecule has 0 aliphatic carbocycles. The SMILES string of the molecule is O=[N+]([O-])O.[Cr+6].[O-2].[O-2].[O-2]. The Balaban J connectivity index is -0.00000000750. The fourth-order valence-corrected chi connectivity index (χ4v) is 0. The van der Waals surface area contributed by atoms with Crippen LogP contribution in [0.4, 0.5) is 0 Å². The van der Waals surface area contributed by atoms with Gasteiger partial charge in [0.05, 0.1) is 0 Å². The van der Waals surface area contributed by atoms with Crippen LogP contribution in [-0.4, -0.2) is 10.3 Å². The second-order valence-corrected chi connectivity index (χ2v) is 0.238. The van der Waals surface area contributed by atoms with Gasteiger partial charge >= 0.3 is 17.4 Å². The van der Waals surface area contributed by atoms with Gasteiger partial charge in [-0.05, 0) is 0 Å². The quantitative estimate of drug-likeness (QED) is 0.371. The van der Waals surface area contributed by atoms with Gasteiger partial charge < -0.3 is 21.6 Å². The van der Waals surface area contributed by atoms with Crippen molar-refractivity contribution in [2.24, 2.45) is 0 Å². The Hall–Kier alpha value is -0.388. The topological polar surface area (TPSA) is 149 Å². The zero-order valence-corrected chi connectivity index (χ0v) is 4.62. The molecule has 0 saturated heterocycles. The molecule has 0 aromatic heterocycles. The van der Waals surface area contributed by atoms with E-state index in [0.29, 0.717) is 0 Å². The molecule has 0 aliphatic heterocycles. The van der Waals surface area contributed by atoms with Crippen LogP contribution in [-0.2, 0) is 33.8 Å². The van der Waals surface area contributed by atoms with Crippen molar-refractivity contribution in [3.05, 3.63) is 10.1 Å². The van der Waals surface area contributed by atoms with Crippen LogP contribution in [0.15, 0.2) is 0 Å². The van der Waals surface area contributed by atoms with Crippen molar-refractivity contribution in [2.75, 3.05) is 0 Å². The van der Waals surface area contributed by atoms with Crippen LogP contribution in [0.25, 0.3) is 0 Å². The summed E-state index contributed by atoms with van der Waals surface area (Å²) in [4.78, 5) is 8.36. The Kier molecular flexibility index (Phi) is 186. The molecule has 0 fully saturated rings. The van der Waals surface area contributed by atoms with E-state index < -0.39 is 5.09 Å². The molecular weight excluding hydrogens is 162 g/mol. The maximum absolute atomic E-state index is 8.36. The minimum absolute atomic E-state index is 0. The van der Waals surface area contributed by atoms with Crippen LogP contribution in [0, 0.1) is 10.1 Å². The predicted octanol–water partition coefficient (Wildman–Crippen LogP) is -0.707. The summed E-state index contributed by atoms with van der Waals surface area (Å²) in [5.74, 6) is 0. The maximum atomic E-state index is 8.36. The van der Waals surface area contributed by atoms with E-state index in [9.17, 15) is 0 Å². The smallest absolute Gasteiger partial charge is 2.00 e. The molecule has 0 spiro atoms. The van der Waals surface area contributed by atoms with E-state index in [1.807, 2.05) is 0 Å². The Morgan fingerprint density at radius 1 is 1.25 bits per heavy atom. The molecule has 1 N–H and O–H groups in total. The monoisotopic (exact) mass is 163 g/mol. The van der Waals surface area contributed by atoms with Gasteiger partial charge in [0.1, 0.15) is 0 Å². The van der Waals surface area contributed by atoms with Gasteiger partial charge in [-0.25, -0.2) is 0 Å². The Morgan fingerprint density at radius 3 is 1.25 bits per heavy atom. The normalized spacial score (nSPS) is 3.00. The summed E-state index contributed by atoms with van der Waals surface area (Å²) in [6.45, 7) is 0. The van der Waals surface area contributed by atoms with Gasteiger partial charge in [0, 0.05) is 0 Å². The van der Waals surface area contributed by atoms with Crippen LogP contribution in [0.2, 0.25) is 0 Å². The van der Waals surface area contributed by atoms with E-state index >= 15 is 0 Å². The number of hydrogen-bond donors (Lipinski definition) is 1. The molecule has 7 nitrogen and oxygen atoms in total. The Labute approximate surface area is 55.1 Å². The van der Waals surface area contributed by atoms with E-state index in [-0.39, 0.29) is 33.8 Å². The summed E-state index contributed by atoms with van der Waals surface area (Å²) in [7, 11) is 0. The van der Waals surface area contributed by atoms with Crippen molar-refractivity contribution in [1.29, 1.82) is 0 Å². The molecule has 0 unspecified atom stereocenters. The third-order valence-corrected chi connectivity index (χ3v) is 0. The van der Waals surface area contributed by atoms with E-state index in [2.05, 4.69) is 0 Å². The number of nitrogens with zero attached hydrogens (tertiary/aromatic N) is 1. The zero-order chi connectivity index (χ0) is 3.58. The molecule has 0 saturated carbocycles. The van der Waals surface area contributed by atoms with Crippen molar-refractivity contribution < 1.29 is 44.1 Å². The molecule has 0 aromatic rings. The fourth-order valence-electron chi connectivity index (χ4n) is 0. The van der Waals surface area contributed by atoms with Crippen LogP contribution >= 0.6 is 0 Å². The van der Waals surface area contributed by atoms with E-state index in [1.54, 1.807) is 0 Å². The van der Waals surface area contributed by atoms with Gasteiger partial charge in [-0.1, -0.05) is 0 Å². The largest absolute Gasteiger partial charge is 6.00 e. The third kappa shape index (κ3) is 795. The molecule has 0 aromatic carbocycles. The van der Waals surface area contributed by atoms with Gasteiger partial charge in [-0.3, -0.25) is 0 Å². The molecule has 0 heterocycles. The first-order valence-corrected chi connectivity index (χ1v) is 0.565. The molecule has 0 amide bonds. The minimum atomic E-state index is -1.50. The van der Waals surface area contributed by atoms with Crippen LogP contribution < -0.4 is 0 Å². The van der Waals surface area contributed by atoms with Gasteiger partial charge in [-0.15, -0.1) is 10.1 Å². The summed E-state index contributed by atoms with van der Waals surface area (Å²) in [6, 6.07) is 0. The second-order valence-electron chi connectivity index (χ2n) is 0.238. The molecular formula is HCrNO6. The molecule has 48 valence electrons. The molecule has 0 atom stereocenters. The van der Waals surface area contributed by atoms with Gasteiger partial charge in [0.15, 0.2) is 0 Å². The zero-order valence-electron chi connectivity index (χ0n) is 3.34. The van der Waals surface area contributed by atoms with Crippen molar-refractivity contribution in [3.8, 4) is 0 Å². The van der Waals surface area contributed by atoms with E-state index in [0.717, 1.165) is 0 Å². The van der Waals surface area contributed by atoms with E-state index in [1.165, 1.54) is 0 Å². The van der Waals surface area contributed by atoms with Gasteiger partial charge in [-0.2, -0.15) is 0 Å². The van der Waals surface area contributed by atoms with E-state index in [4.69, 9.17) is 15.3 Å². The standard InChI is InChI=1S/Cr.HNO3.3O/c;2-1(3)4;;;/h;(H,2,3,4);;;/q+6;;3*-2. The summed E-state index contributed by atoms with van der Waals surface area (Å²) in [6.07, 6.45) is 0. The molecule has 0 radical (unpaired) electrons. The average Bonchev–Trinajstić information content (AvgIpc) is 0.811. The predicted molar refractivity (Wildman–Crippen MR) is 10.8 cm³/mol. The van der Waals surface area contributed by atoms with Crippen molar-refractivity contribution in [1.82, 2.24) is 0 Å². The van der Waals surface area contributed by atoms with Crippen molar-refractivity contribution >= 4 is 0 Å². The molecule has 8 heteroatoms. The summed E-state index contributed by atoms with van der Waals surface area (Å²) >= 11 is 0. The third-order valence-electron chi connectivity index (χ3n) is 0. The van der Waals surface area contributed by atoms with Crippen molar-refractivity contribution in [3.63, 3.8) is 0 Å². The molecule has 0 bridgehead atoms. The minimum Gasteiger partial charge on any atom is -2.00 e. The molecule has 8 heavy (non-hydrogen) atoms. The summed E-state index contributed by atoms with van der Waals surface area (Å²) in [5, 5.41) is 13.6. The molecule has 0 rings (SSSR count). The van der Waals surface area contributed by atoms with Crippen LogP contribution in [0.1, 0.15) is 0 Å². The van der Waals surface area contributed by atoms with Crippen molar-refractivity contribution in [2.45, 2.75) is 0 Å². The Morgan fingerprint density at radius 2 is 1.25 bits per heavy atom. The fraction of sp³-hybridized carbons (Fsp3) is 0. The average molecular weight is 163 g/mol. The first kappa shape index (κ1) is 48.8. The van der Waals surface area contributed by atoms with Crippen LogP contribution in [0.3, 0.4) is 0 Å². The van der Waals surface area contributed by atoms with Gasteiger partial charge in [0.2, 0.25) is 0 Å². The maximum Gasteiger partial charge on any atom is 6.00 e. The van der Waals surface area contributed by atoms with Crippen LogP contribution in [0.5, 0.6) is 0 Å². The Bertz CT molecular complexity index is 31.5. The second kappa shape index (κ2) is 30.5. The summed E-state index contributed by atoms with van der Waals surface area (Å²) < 4.78 is 0. The number of hydrogen-bond acceptors (Lipinski definition) is 2. The van der Waals surface area contributed by atoms with Gasteiger partial charge in [0.25, 0.3) is 5.09 Å². The first-order valence-electron chi connectivity index (χ1n) is 0.565. The first-order chi connectivity index (χ1) is 1.73. The summed E-state index contributed by atoms with van der Waals surface area (Å²) in [5.41, 5.74) is 0. The number of rotatable bonds is 0. The molecule has 0 aliphatic rings.